The van der Waals surface area contributed by atoms with Gasteiger partial charge < -0.3 is 19.8 Å². The van der Waals surface area contributed by atoms with E-state index in [0.717, 1.165) is 23.6 Å². The Kier molecular flexibility index (Phi) is 4.84. The summed E-state index contributed by atoms with van der Waals surface area (Å²) in [4.78, 5) is 10.8. The summed E-state index contributed by atoms with van der Waals surface area (Å²) >= 11 is 0. The van der Waals surface area contributed by atoms with Crippen molar-refractivity contribution in [3.8, 4) is 5.75 Å². The largest absolute Gasteiger partial charge is 0.573 e. The molecule has 3 heterocycles. The molecule has 4 rings (SSSR count). The lowest BCUT2D eigenvalue weighted by molar-refractivity contribution is -0.274. The molecule has 7 nitrogen and oxygen atoms in total. The molecule has 0 aliphatic carbocycles. The Morgan fingerprint density at radius 1 is 1.27 bits per heavy atom. The van der Waals surface area contributed by atoms with E-state index in [1.54, 1.807) is 25.3 Å². The number of aromatic nitrogens is 2. The van der Waals surface area contributed by atoms with E-state index in [9.17, 15) is 13.2 Å². The summed E-state index contributed by atoms with van der Waals surface area (Å²) in [5.74, 6) is 1.67. The lowest BCUT2D eigenvalue weighted by Crippen LogP contribution is -2.30. The molecule has 0 spiro atoms. The van der Waals surface area contributed by atoms with Gasteiger partial charge in [0.15, 0.2) is 5.89 Å². The second-order valence-electron chi connectivity index (χ2n) is 6.85. The Hall–Kier alpha value is -3.56. The number of fused-ring (bicyclic) bond motifs is 1. The number of nitrogen functional groups attached to an aromatic ring is 1. The van der Waals surface area contributed by atoms with Crippen molar-refractivity contribution in [1.82, 2.24) is 9.97 Å². The van der Waals surface area contributed by atoms with Crippen LogP contribution in [-0.4, -0.2) is 28.6 Å². The number of nitrogens with two attached hydrogens (primary N) is 1. The lowest BCUT2D eigenvalue weighted by atomic mass is 10.0. The van der Waals surface area contributed by atoms with Crippen molar-refractivity contribution in [2.75, 3.05) is 17.2 Å². The topological polar surface area (TPSA) is 101 Å². The van der Waals surface area contributed by atoms with E-state index in [0.29, 0.717) is 36.8 Å². The highest BCUT2D eigenvalue weighted by molar-refractivity contribution is 6.14. The first-order chi connectivity index (χ1) is 14.2. The molecule has 1 aliphatic rings. The minimum Gasteiger partial charge on any atom is -0.446 e. The molecular weight excluding hydrogens is 399 g/mol. The average Bonchev–Trinajstić information content (AvgIpc) is 3.07. The normalized spacial score (nSPS) is 13.8. The van der Waals surface area contributed by atoms with Gasteiger partial charge in [-0.3, -0.25) is 5.41 Å². The Labute approximate surface area is 169 Å². The zero-order valence-corrected chi connectivity index (χ0v) is 16.0. The van der Waals surface area contributed by atoms with Crippen molar-refractivity contribution in [3.63, 3.8) is 0 Å². The van der Waals surface area contributed by atoms with E-state index < -0.39 is 12.1 Å². The van der Waals surface area contributed by atoms with E-state index in [1.165, 1.54) is 6.07 Å². The Balaban J connectivity index is 1.60. The number of nitrogens with one attached hydrogen (secondary N) is 1. The van der Waals surface area contributed by atoms with E-state index in [2.05, 4.69) is 14.7 Å². The number of oxazole rings is 1. The number of benzene rings is 1. The van der Waals surface area contributed by atoms with Crippen LogP contribution < -0.4 is 15.4 Å². The van der Waals surface area contributed by atoms with Crippen molar-refractivity contribution < 1.29 is 22.3 Å². The van der Waals surface area contributed by atoms with Crippen LogP contribution in [-0.2, 0) is 13.0 Å². The third-order valence-electron chi connectivity index (χ3n) is 4.72. The molecule has 30 heavy (non-hydrogen) atoms. The number of pyridine rings is 1. The summed E-state index contributed by atoms with van der Waals surface area (Å²) in [6.07, 6.45) is -2.59. The maximum absolute atomic E-state index is 12.5. The van der Waals surface area contributed by atoms with Gasteiger partial charge >= 0.3 is 6.36 Å². The molecule has 2 aromatic heterocycles. The predicted molar refractivity (Wildman–Crippen MR) is 104 cm³/mol. The molecule has 0 radical (unpaired) electrons. The summed E-state index contributed by atoms with van der Waals surface area (Å²) in [5, 5.41) is 8.48. The van der Waals surface area contributed by atoms with Crippen LogP contribution in [0.2, 0.25) is 0 Å². The van der Waals surface area contributed by atoms with Crippen LogP contribution in [0.4, 0.5) is 24.7 Å². The highest BCUT2D eigenvalue weighted by Gasteiger charge is 2.31. The third-order valence-corrected chi connectivity index (χ3v) is 4.72. The van der Waals surface area contributed by atoms with Gasteiger partial charge in [0.25, 0.3) is 0 Å². The minimum atomic E-state index is -4.83. The Morgan fingerprint density at radius 2 is 2.07 bits per heavy atom. The number of aryl methyl sites for hydroxylation is 1. The predicted octanol–water partition coefficient (Wildman–Crippen LogP) is 3.84. The monoisotopic (exact) mass is 417 g/mol. The van der Waals surface area contributed by atoms with Crippen LogP contribution in [0.1, 0.15) is 28.5 Å². The zero-order chi connectivity index (χ0) is 21.5. The molecule has 0 unspecified atom stereocenters. The third kappa shape index (κ3) is 4.07. The van der Waals surface area contributed by atoms with Gasteiger partial charge in [-0.1, -0.05) is 0 Å². The maximum Gasteiger partial charge on any atom is 0.573 e. The van der Waals surface area contributed by atoms with Crippen molar-refractivity contribution >= 4 is 17.2 Å². The fourth-order valence-corrected chi connectivity index (χ4v) is 3.37. The Bertz CT molecular complexity index is 1110. The van der Waals surface area contributed by atoms with Crippen molar-refractivity contribution in [2.24, 2.45) is 0 Å². The summed E-state index contributed by atoms with van der Waals surface area (Å²) in [6.45, 7) is 2.99. The van der Waals surface area contributed by atoms with E-state index in [4.69, 9.17) is 15.6 Å². The van der Waals surface area contributed by atoms with Gasteiger partial charge in [-0.25, -0.2) is 9.97 Å². The van der Waals surface area contributed by atoms with Crippen LogP contribution in [0.5, 0.6) is 5.75 Å². The summed E-state index contributed by atoms with van der Waals surface area (Å²) in [7, 11) is 0. The molecule has 156 valence electrons. The molecule has 1 aliphatic heterocycles. The molecule has 0 amide bonds. The molecule has 3 N–H and O–H groups in total. The van der Waals surface area contributed by atoms with Crippen LogP contribution in [0.15, 0.2) is 40.9 Å². The molecule has 0 bridgehead atoms. The highest BCUT2D eigenvalue weighted by Crippen LogP contribution is 2.29. The van der Waals surface area contributed by atoms with Gasteiger partial charge in [-0.05, 0) is 30.3 Å². The number of alkyl halides is 3. The highest BCUT2D eigenvalue weighted by atomic mass is 19.4. The second kappa shape index (κ2) is 7.36. The fraction of sp³-hybridized carbons (Fsp3) is 0.250. The molecule has 3 aromatic rings. The number of ether oxygens (including phenoxy) is 1. The fourth-order valence-electron chi connectivity index (χ4n) is 3.37. The van der Waals surface area contributed by atoms with E-state index in [-0.39, 0.29) is 17.0 Å². The van der Waals surface area contributed by atoms with Gasteiger partial charge in [-0.2, -0.15) is 0 Å². The molecule has 1 aromatic carbocycles. The molecule has 0 saturated heterocycles. The molecule has 0 fully saturated rings. The summed E-state index contributed by atoms with van der Waals surface area (Å²) in [5.41, 5.74) is 7.51. The van der Waals surface area contributed by atoms with Gasteiger partial charge in [-0.15, -0.1) is 13.2 Å². The number of hydrogen-bond acceptors (Lipinski definition) is 7. The maximum atomic E-state index is 12.5. The quantitative estimate of drug-likeness (QED) is 0.494. The molecule has 0 saturated carbocycles. The van der Waals surface area contributed by atoms with Crippen molar-refractivity contribution in [3.05, 3.63) is 65.0 Å². The number of rotatable bonds is 4. The SMILES string of the molecule is Cc1nc2c(o1)CCN(c1cc(C(=N)c3cc(OC(F)(F)F)ccc3N)ccn1)C2. The van der Waals surface area contributed by atoms with Crippen LogP contribution in [0.3, 0.4) is 0 Å². The first kappa shape index (κ1) is 19.7. The first-order valence-corrected chi connectivity index (χ1v) is 9.10. The van der Waals surface area contributed by atoms with Crippen LogP contribution in [0, 0.1) is 12.3 Å². The molecule has 10 heteroatoms. The van der Waals surface area contributed by atoms with Crippen molar-refractivity contribution in [1.29, 1.82) is 5.41 Å². The summed E-state index contributed by atoms with van der Waals surface area (Å²) < 4.78 is 47.1. The number of anilines is 2. The average molecular weight is 417 g/mol. The lowest BCUT2D eigenvalue weighted by Gasteiger charge is -2.26. The zero-order valence-electron chi connectivity index (χ0n) is 16.0. The van der Waals surface area contributed by atoms with E-state index >= 15 is 0 Å². The Morgan fingerprint density at radius 3 is 2.83 bits per heavy atom. The van der Waals surface area contributed by atoms with Crippen molar-refractivity contribution in [2.45, 2.75) is 26.3 Å². The van der Waals surface area contributed by atoms with Gasteiger partial charge in [0.05, 0.1) is 12.3 Å². The second-order valence-corrected chi connectivity index (χ2v) is 6.85. The van der Waals surface area contributed by atoms with Gasteiger partial charge in [0.2, 0.25) is 0 Å². The smallest absolute Gasteiger partial charge is 0.446 e. The van der Waals surface area contributed by atoms with E-state index in [1.807, 2.05) is 4.90 Å². The molecule has 0 atom stereocenters. The van der Waals surface area contributed by atoms with Gasteiger partial charge in [0.1, 0.15) is 23.0 Å². The molecular formula is C20H18F3N5O2. The van der Waals surface area contributed by atoms with Crippen LogP contribution >= 0.6 is 0 Å². The van der Waals surface area contributed by atoms with Gasteiger partial charge in [0, 0.05) is 42.9 Å². The number of halogens is 3. The van der Waals surface area contributed by atoms with Crippen LogP contribution in [0.25, 0.3) is 0 Å². The summed E-state index contributed by atoms with van der Waals surface area (Å²) in [6, 6.07) is 6.82. The standard InChI is InChI=1S/C20H18F3N5O2/c1-11-27-16-10-28(7-5-17(16)29-11)18-8-12(4-6-26-18)19(25)14-9-13(2-3-15(14)24)30-20(21,22)23/h2-4,6,8-9,25H,5,7,10,24H2,1H3. The number of nitrogens with zero attached hydrogens (tertiary/aromatic N) is 3. The minimum absolute atomic E-state index is 0.0289. The first-order valence-electron chi connectivity index (χ1n) is 9.10. The number of hydrogen-bond donors (Lipinski definition) is 2.